The minimum atomic E-state index is 0.00459. The lowest BCUT2D eigenvalue weighted by molar-refractivity contribution is -0.0174. The first kappa shape index (κ1) is 14.9. The van der Waals surface area contributed by atoms with E-state index in [9.17, 15) is 5.26 Å². The predicted molar refractivity (Wildman–Crippen MR) is 86.0 cm³/mol. The van der Waals surface area contributed by atoms with E-state index in [1.165, 1.54) is 5.56 Å². The highest BCUT2D eigenvalue weighted by Crippen LogP contribution is 2.31. The summed E-state index contributed by atoms with van der Waals surface area (Å²) in [6.45, 7) is 7.25. The Morgan fingerprint density at radius 3 is 2.86 bits per heavy atom. The molecule has 0 radical (unpaired) electrons. The molecule has 3 rings (SSSR count). The molecule has 6 heteroatoms. The second-order valence-electron chi connectivity index (χ2n) is 5.62. The highest BCUT2D eigenvalue weighted by Gasteiger charge is 2.29. The zero-order valence-electron chi connectivity index (χ0n) is 12.9. The Morgan fingerprint density at radius 1 is 1.36 bits per heavy atom. The Balaban J connectivity index is 1.95. The Morgan fingerprint density at radius 2 is 2.18 bits per heavy atom. The smallest absolute Gasteiger partial charge is 0.169 e. The maximum atomic E-state index is 9.50. The lowest BCUT2D eigenvalue weighted by atomic mass is 10.1. The van der Waals surface area contributed by atoms with Gasteiger partial charge in [0.2, 0.25) is 0 Å². The van der Waals surface area contributed by atoms with Crippen molar-refractivity contribution in [2.75, 3.05) is 18.0 Å². The number of ether oxygens (including phenoxy) is 1. The number of morpholine rings is 1. The SMILES string of the molecule is Cc1nnc(N2CC(C)OC(c3ccsc3)C2)c(C#N)c1C. The van der Waals surface area contributed by atoms with Gasteiger partial charge in [-0.2, -0.15) is 21.7 Å². The Bertz CT molecular complexity index is 708. The van der Waals surface area contributed by atoms with Gasteiger partial charge in [-0.05, 0) is 48.7 Å². The molecule has 0 amide bonds. The van der Waals surface area contributed by atoms with Crippen molar-refractivity contribution in [1.29, 1.82) is 5.26 Å². The molecule has 0 N–H and O–H groups in total. The molecule has 0 aliphatic carbocycles. The van der Waals surface area contributed by atoms with Crippen molar-refractivity contribution in [3.05, 3.63) is 39.2 Å². The highest BCUT2D eigenvalue weighted by molar-refractivity contribution is 7.07. The number of hydrogen-bond acceptors (Lipinski definition) is 6. The van der Waals surface area contributed by atoms with Crippen LogP contribution in [0.2, 0.25) is 0 Å². The summed E-state index contributed by atoms with van der Waals surface area (Å²) < 4.78 is 6.04. The summed E-state index contributed by atoms with van der Waals surface area (Å²) in [6.07, 6.45) is 0.0820. The molecule has 0 aromatic carbocycles. The van der Waals surface area contributed by atoms with Gasteiger partial charge < -0.3 is 9.64 Å². The van der Waals surface area contributed by atoms with Crippen LogP contribution in [0.3, 0.4) is 0 Å². The van der Waals surface area contributed by atoms with Gasteiger partial charge in [-0.15, -0.1) is 5.10 Å². The van der Waals surface area contributed by atoms with E-state index >= 15 is 0 Å². The second-order valence-corrected chi connectivity index (χ2v) is 6.40. The van der Waals surface area contributed by atoms with Gasteiger partial charge in [0.15, 0.2) is 5.82 Å². The van der Waals surface area contributed by atoms with Crippen molar-refractivity contribution in [3.8, 4) is 6.07 Å². The molecule has 22 heavy (non-hydrogen) atoms. The zero-order chi connectivity index (χ0) is 15.7. The van der Waals surface area contributed by atoms with Crippen LogP contribution >= 0.6 is 11.3 Å². The van der Waals surface area contributed by atoms with Crippen LogP contribution < -0.4 is 4.90 Å². The first-order valence-electron chi connectivity index (χ1n) is 7.26. The van der Waals surface area contributed by atoms with Crippen molar-refractivity contribution in [2.45, 2.75) is 33.0 Å². The third kappa shape index (κ3) is 2.70. The van der Waals surface area contributed by atoms with Gasteiger partial charge in [-0.25, -0.2) is 0 Å². The van der Waals surface area contributed by atoms with E-state index in [2.05, 4.69) is 38.0 Å². The fourth-order valence-corrected chi connectivity index (χ4v) is 3.42. The number of nitrogens with zero attached hydrogens (tertiary/aromatic N) is 4. The molecule has 2 aromatic rings. The molecule has 2 unspecified atom stereocenters. The van der Waals surface area contributed by atoms with Gasteiger partial charge in [-0.1, -0.05) is 0 Å². The Kier molecular flexibility index (Phi) is 4.10. The monoisotopic (exact) mass is 314 g/mol. The topological polar surface area (TPSA) is 62.0 Å². The molecule has 1 fully saturated rings. The second kappa shape index (κ2) is 6.03. The van der Waals surface area contributed by atoms with Gasteiger partial charge in [0.05, 0.1) is 18.3 Å². The first-order chi connectivity index (χ1) is 10.6. The zero-order valence-corrected chi connectivity index (χ0v) is 13.7. The maximum Gasteiger partial charge on any atom is 0.169 e. The summed E-state index contributed by atoms with van der Waals surface area (Å²) in [4.78, 5) is 2.12. The quantitative estimate of drug-likeness (QED) is 0.852. The van der Waals surface area contributed by atoms with Crippen LogP contribution in [-0.2, 0) is 4.74 Å². The van der Waals surface area contributed by atoms with E-state index in [1.807, 2.05) is 20.8 Å². The lowest BCUT2D eigenvalue weighted by Gasteiger charge is -2.37. The molecule has 2 aromatic heterocycles. The normalized spacial score (nSPS) is 21.6. The predicted octanol–water partition coefficient (Wildman–Crippen LogP) is 2.99. The Hall–Kier alpha value is -1.97. The van der Waals surface area contributed by atoms with Crippen LogP contribution in [0, 0.1) is 25.2 Å². The molecule has 114 valence electrons. The van der Waals surface area contributed by atoms with Gasteiger partial charge in [0.25, 0.3) is 0 Å². The summed E-state index contributed by atoms with van der Waals surface area (Å²) in [5.41, 5.74) is 3.50. The summed E-state index contributed by atoms with van der Waals surface area (Å²) in [5.74, 6) is 0.668. The number of thiophene rings is 1. The van der Waals surface area contributed by atoms with Crippen molar-refractivity contribution >= 4 is 17.2 Å². The van der Waals surface area contributed by atoms with E-state index in [0.717, 1.165) is 11.3 Å². The summed E-state index contributed by atoms with van der Waals surface area (Å²) >= 11 is 1.66. The number of aryl methyl sites for hydroxylation is 1. The number of rotatable bonds is 2. The number of aromatic nitrogens is 2. The van der Waals surface area contributed by atoms with Gasteiger partial charge in [0.1, 0.15) is 17.7 Å². The standard InChI is InChI=1S/C16H18N4OS/c1-10-7-20(8-15(21-10)13-4-5-22-9-13)16-14(6-17)11(2)12(3)18-19-16/h4-5,9-10,15H,7-8H2,1-3H3. The van der Waals surface area contributed by atoms with Crippen LogP contribution in [0.5, 0.6) is 0 Å². The number of anilines is 1. The maximum absolute atomic E-state index is 9.50. The van der Waals surface area contributed by atoms with Crippen molar-refractivity contribution in [2.24, 2.45) is 0 Å². The molecule has 0 spiro atoms. The minimum absolute atomic E-state index is 0.00459. The number of nitriles is 1. The molecule has 0 bridgehead atoms. The molecule has 5 nitrogen and oxygen atoms in total. The van der Waals surface area contributed by atoms with Crippen LogP contribution in [0.1, 0.15) is 35.4 Å². The van der Waals surface area contributed by atoms with Crippen LogP contribution in [-0.4, -0.2) is 29.4 Å². The van der Waals surface area contributed by atoms with E-state index < -0.39 is 0 Å². The Labute approximate surface area is 134 Å². The van der Waals surface area contributed by atoms with Crippen LogP contribution in [0.15, 0.2) is 16.8 Å². The lowest BCUT2D eigenvalue weighted by Crippen LogP contribution is -2.43. The molecule has 0 saturated carbocycles. The molecule has 1 aliphatic rings. The summed E-state index contributed by atoms with van der Waals surface area (Å²) in [6, 6.07) is 4.37. The minimum Gasteiger partial charge on any atom is -0.367 e. The molecular weight excluding hydrogens is 296 g/mol. The summed E-state index contributed by atoms with van der Waals surface area (Å²) in [5, 5.41) is 22.1. The average Bonchev–Trinajstić information content (AvgIpc) is 3.03. The third-order valence-electron chi connectivity index (χ3n) is 4.02. The van der Waals surface area contributed by atoms with Crippen LogP contribution in [0.25, 0.3) is 0 Å². The van der Waals surface area contributed by atoms with Crippen molar-refractivity contribution in [1.82, 2.24) is 10.2 Å². The molecule has 3 heterocycles. The fraction of sp³-hybridized carbons (Fsp3) is 0.438. The fourth-order valence-electron chi connectivity index (χ4n) is 2.72. The van der Waals surface area contributed by atoms with Gasteiger partial charge in [-0.3, -0.25) is 0 Å². The van der Waals surface area contributed by atoms with Gasteiger partial charge in [0, 0.05) is 6.54 Å². The van der Waals surface area contributed by atoms with Crippen molar-refractivity contribution in [3.63, 3.8) is 0 Å². The van der Waals surface area contributed by atoms with E-state index in [1.54, 1.807) is 11.3 Å². The molecule has 2 atom stereocenters. The third-order valence-corrected chi connectivity index (χ3v) is 4.72. The van der Waals surface area contributed by atoms with Gasteiger partial charge >= 0.3 is 0 Å². The van der Waals surface area contributed by atoms with E-state index in [4.69, 9.17) is 4.74 Å². The molecule has 1 saturated heterocycles. The molecule has 1 aliphatic heterocycles. The molecular formula is C16H18N4OS. The van der Waals surface area contributed by atoms with E-state index in [0.29, 0.717) is 24.5 Å². The number of hydrogen-bond donors (Lipinski definition) is 0. The van der Waals surface area contributed by atoms with E-state index in [-0.39, 0.29) is 12.2 Å². The average molecular weight is 314 g/mol. The van der Waals surface area contributed by atoms with Crippen LogP contribution in [0.4, 0.5) is 5.82 Å². The largest absolute Gasteiger partial charge is 0.367 e. The van der Waals surface area contributed by atoms with Crippen molar-refractivity contribution < 1.29 is 4.74 Å². The highest BCUT2D eigenvalue weighted by atomic mass is 32.1. The summed E-state index contributed by atoms with van der Waals surface area (Å²) in [7, 11) is 0. The first-order valence-corrected chi connectivity index (χ1v) is 8.21.